The van der Waals surface area contributed by atoms with Crippen molar-refractivity contribution in [2.24, 2.45) is 0 Å². The fourth-order valence-corrected chi connectivity index (χ4v) is 2.93. The molecule has 0 saturated carbocycles. The van der Waals surface area contributed by atoms with Crippen LogP contribution >= 0.6 is 0 Å². The summed E-state index contributed by atoms with van der Waals surface area (Å²) >= 11 is 0. The molecular formula is C21H16N2O2. The van der Waals surface area contributed by atoms with Crippen LogP contribution in [-0.2, 0) is 0 Å². The van der Waals surface area contributed by atoms with Gasteiger partial charge in [0.15, 0.2) is 0 Å². The molecule has 0 unspecified atom stereocenters. The van der Waals surface area contributed by atoms with Gasteiger partial charge in [-0.05, 0) is 52.6 Å². The third kappa shape index (κ3) is 3.10. The number of fused-ring (bicyclic) bond motifs is 2. The molecule has 4 heteroatoms. The minimum absolute atomic E-state index is 0.199. The van der Waals surface area contributed by atoms with E-state index in [9.17, 15) is 9.90 Å². The Labute approximate surface area is 144 Å². The summed E-state index contributed by atoms with van der Waals surface area (Å²) in [5, 5.41) is 19.2. The number of hydrogen-bond acceptors (Lipinski definition) is 2. The van der Waals surface area contributed by atoms with Crippen LogP contribution in [0.5, 0.6) is 5.75 Å². The van der Waals surface area contributed by atoms with Crippen LogP contribution in [0.25, 0.3) is 21.5 Å². The van der Waals surface area contributed by atoms with E-state index in [2.05, 4.69) is 10.6 Å². The van der Waals surface area contributed by atoms with Gasteiger partial charge < -0.3 is 15.7 Å². The van der Waals surface area contributed by atoms with E-state index < -0.39 is 0 Å². The lowest BCUT2D eigenvalue weighted by Crippen LogP contribution is -2.19. The Bertz CT molecular complexity index is 1090. The monoisotopic (exact) mass is 328 g/mol. The molecule has 0 heterocycles. The van der Waals surface area contributed by atoms with Gasteiger partial charge in [0.05, 0.1) is 5.69 Å². The number of hydrogen-bond donors (Lipinski definition) is 3. The zero-order chi connectivity index (χ0) is 17.2. The number of anilines is 2. The van der Waals surface area contributed by atoms with Gasteiger partial charge in [-0.15, -0.1) is 0 Å². The highest BCUT2D eigenvalue weighted by Gasteiger charge is 2.07. The van der Waals surface area contributed by atoms with Crippen LogP contribution in [0, 0.1) is 0 Å². The molecule has 3 N–H and O–H groups in total. The van der Waals surface area contributed by atoms with Crippen LogP contribution in [0.2, 0.25) is 0 Å². The van der Waals surface area contributed by atoms with Gasteiger partial charge in [-0.1, -0.05) is 42.5 Å². The summed E-state index contributed by atoms with van der Waals surface area (Å²) in [6.07, 6.45) is 0. The van der Waals surface area contributed by atoms with Crippen LogP contribution < -0.4 is 10.6 Å². The highest BCUT2D eigenvalue weighted by molar-refractivity contribution is 6.07. The number of carbonyl (C=O) groups is 1. The van der Waals surface area contributed by atoms with E-state index in [0.717, 1.165) is 27.2 Å². The Morgan fingerprint density at radius 3 is 2.40 bits per heavy atom. The second-order valence-electron chi connectivity index (χ2n) is 5.85. The SMILES string of the molecule is O=C(Nc1ccc2ccccc2c1)Nc1cccc2cc(O)ccc12. The van der Waals surface area contributed by atoms with Gasteiger partial charge >= 0.3 is 6.03 Å². The van der Waals surface area contributed by atoms with Crippen molar-refractivity contribution in [3.05, 3.63) is 78.9 Å². The zero-order valence-electron chi connectivity index (χ0n) is 13.4. The molecular weight excluding hydrogens is 312 g/mol. The standard InChI is InChI=1S/C21H16N2O2/c24-18-10-11-19-16(13-18)6-3-7-20(19)23-21(25)22-17-9-8-14-4-1-2-5-15(14)12-17/h1-13,24H,(H2,22,23,25). The van der Waals surface area contributed by atoms with Crippen molar-refractivity contribution in [1.82, 2.24) is 0 Å². The first kappa shape index (κ1) is 15.0. The summed E-state index contributed by atoms with van der Waals surface area (Å²) in [5.41, 5.74) is 1.42. The largest absolute Gasteiger partial charge is 0.508 e. The Morgan fingerprint density at radius 1 is 0.720 bits per heavy atom. The lowest BCUT2D eigenvalue weighted by molar-refractivity contribution is 0.262. The number of amides is 2. The molecule has 2 amide bonds. The predicted molar refractivity (Wildman–Crippen MR) is 102 cm³/mol. The Balaban J connectivity index is 1.57. The summed E-state index contributed by atoms with van der Waals surface area (Å²) in [6, 6.07) is 24.1. The van der Waals surface area contributed by atoms with Gasteiger partial charge in [-0.2, -0.15) is 0 Å². The van der Waals surface area contributed by atoms with Gasteiger partial charge in [-0.25, -0.2) is 4.79 Å². The Kier molecular flexibility index (Phi) is 3.71. The number of rotatable bonds is 2. The lowest BCUT2D eigenvalue weighted by Gasteiger charge is -2.11. The molecule has 0 aliphatic rings. The van der Waals surface area contributed by atoms with E-state index >= 15 is 0 Å². The van der Waals surface area contributed by atoms with E-state index in [1.807, 2.05) is 60.7 Å². The third-order valence-corrected chi connectivity index (χ3v) is 4.12. The summed E-state index contributed by atoms with van der Waals surface area (Å²) in [6.45, 7) is 0. The maximum Gasteiger partial charge on any atom is 0.323 e. The summed E-state index contributed by atoms with van der Waals surface area (Å²) in [4.78, 5) is 12.4. The van der Waals surface area contributed by atoms with Gasteiger partial charge in [0, 0.05) is 11.1 Å². The van der Waals surface area contributed by atoms with Crippen molar-refractivity contribution in [3.63, 3.8) is 0 Å². The molecule has 0 fully saturated rings. The molecule has 0 radical (unpaired) electrons. The van der Waals surface area contributed by atoms with Crippen molar-refractivity contribution in [2.45, 2.75) is 0 Å². The van der Waals surface area contributed by atoms with E-state index in [4.69, 9.17) is 0 Å². The second-order valence-corrected chi connectivity index (χ2v) is 5.85. The molecule has 4 rings (SSSR count). The number of nitrogens with one attached hydrogen (secondary N) is 2. The molecule has 25 heavy (non-hydrogen) atoms. The van der Waals surface area contributed by atoms with E-state index in [1.54, 1.807) is 18.2 Å². The van der Waals surface area contributed by atoms with E-state index in [-0.39, 0.29) is 11.8 Å². The Hall–Kier alpha value is -3.53. The van der Waals surface area contributed by atoms with Crippen molar-refractivity contribution < 1.29 is 9.90 Å². The van der Waals surface area contributed by atoms with Crippen LogP contribution in [0.4, 0.5) is 16.2 Å². The first-order chi connectivity index (χ1) is 12.2. The molecule has 0 atom stereocenters. The minimum Gasteiger partial charge on any atom is -0.508 e. The summed E-state index contributed by atoms with van der Waals surface area (Å²) in [7, 11) is 0. The second kappa shape index (κ2) is 6.17. The van der Waals surface area contributed by atoms with Crippen LogP contribution in [0.3, 0.4) is 0 Å². The number of benzene rings is 4. The fourth-order valence-electron chi connectivity index (χ4n) is 2.93. The first-order valence-electron chi connectivity index (χ1n) is 7.98. The maximum absolute atomic E-state index is 12.4. The number of carbonyl (C=O) groups excluding carboxylic acids is 1. The average molecular weight is 328 g/mol. The van der Waals surface area contributed by atoms with Crippen LogP contribution in [-0.4, -0.2) is 11.1 Å². The Morgan fingerprint density at radius 2 is 1.52 bits per heavy atom. The minimum atomic E-state index is -0.309. The van der Waals surface area contributed by atoms with Crippen molar-refractivity contribution >= 4 is 39.0 Å². The number of phenols is 1. The molecule has 4 aromatic rings. The number of phenolic OH excluding ortho intramolecular Hbond substituents is 1. The first-order valence-corrected chi connectivity index (χ1v) is 7.98. The average Bonchev–Trinajstić information content (AvgIpc) is 2.61. The fraction of sp³-hybridized carbons (Fsp3) is 0. The van der Waals surface area contributed by atoms with E-state index in [1.165, 1.54) is 0 Å². The molecule has 4 aromatic carbocycles. The molecule has 0 spiro atoms. The van der Waals surface area contributed by atoms with Crippen molar-refractivity contribution in [1.29, 1.82) is 0 Å². The summed E-state index contributed by atoms with van der Waals surface area (Å²) < 4.78 is 0. The third-order valence-electron chi connectivity index (χ3n) is 4.12. The summed E-state index contributed by atoms with van der Waals surface area (Å²) in [5.74, 6) is 0.199. The smallest absolute Gasteiger partial charge is 0.323 e. The lowest BCUT2D eigenvalue weighted by atomic mass is 10.1. The van der Waals surface area contributed by atoms with Gasteiger partial charge in [-0.3, -0.25) is 0 Å². The molecule has 0 aliphatic heterocycles. The highest BCUT2D eigenvalue weighted by atomic mass is 16.3. The molecule has 0 aromatic heterocycles. The number of aromatic hydroxyl groups is 1. The van der Waals surface area contributed by atoms with Crippen molar-refractivity contribution in [2.75, 3.05) is 10.6 Å². The molecule has 4 nitrogen and oxygen atoms in total. The highest BCUT2D eigenvalue weighted by Crippen LogP contribution is 2.27. The molecule has 0 bridgehead atoms. The molecule has 0 aliphatic carbocycles. The topological polar surface area (TPSA) is 61.4 Å². The number of urea groups is 1. The van der Waals surface area contributed by atoms with Crippen LogP contribution in [0.1, 0.15) is 0 Å². The maximum atomic E-state index is 12.4. The quantitative estimate of drug-likeness (QED) is 0.465. The van der Waals surface area contributed by atoms with Crippen molar-refractivity contribution in [3.8, 4) is 5.75 Å². The predicted octanol–water partition coefficient (Wildman–Crippen LogP) is 5.34. The molecule has 0 saturated heterocycles. The van der Waals surface area contributed by atoms with E-state index in [0.29, 0.717) is 5.69 Å². The zero-order valence-corrected chi connectivity index (χ0v) is 13.4. The van der Waals surface area contributed by atoms with Gasteiger partial charge in [0.25, 0.3) is 0 Å². The normalized spacial score (nSPS) is 10.7. The van der Waals surface area contributed by atoms with Gasteiger partial charge in [0.1, 0.15) is 5.75 Å². The van der Waals surface area contributed by atoms with Crippen LogP contribution in [0.15, 0.2) is 78.9 Å². The molecule has 122 valence electrons. The van der Waals surface area contributed by atoms with Gasteiger partial charge in [0.2, 0.25) is 0 Å².